The molecular formula is C13H19F3N2O3. The molecule has 0 fully saturated rings. The Hall–Kier alpha value is -1.73. The molecule has 0 heterocycles. The molecule has 2 amide bonds. The van der Waals surface area contributed by atoms with Gasteiger partial charge in [0.15, 0.2) is 0 Å². The topological polar surface area (TPSA) is 78.4 Å². The van der Waals surface area contributed by atoms with E-state index in [0.717, 1.165) is 25.7 Å². The van der Waals surface area contributed by atoms with E-state index in [0.29, 0.717) is 13.3 Å². The Morgan fingerprint density at radius 2 is 2.00 bits per heavy atom. The number of urea groups is 1. The van der Waals surface area contributed by atoms with Crippen LogP contribution in [-0.2, 0) is 4.79 Å². The number of rotatable bonds is 5. The summed E-state index contributed by atoms with van der Waals surface area (Å²) in [4.78, 5) is 22.2. The second-order valence-electron chi connectivity index (χ2n) is 5.17. The van der Waals surface area contributed by atoms with Crippen molar-refractivity contribution in [3.05, 3.63) is 11.6 Å². The van der Waals surface area contributed by atoms with E-state index in [9.17, 15) is 22.8 Å². The number of alkyl halides is 3. The first-order valence-electron chi connectivity index (χ1n) is 6.71. The zero-order chi connectivity index (χ0) is 16.1. The number of carbonyl (C=O) groups excluding carboxylic acids is 1. The third kappa shape index (κ3) is 4.64. The van der Waals surface area contributed by atoms with Gasteiger partial charge in [0.1, 0.15) is 0 Å². The van der Waals surface area contributed by atoms with Gasteiger partial charge in [-0.25, -0.2) is 9.59 Å². The molecule has 0 saturated carbocycles. The molecule has 3 N–H and O–H groups in total. The highest BCUT2D eigenvalue weighted by molar-refractivity contribution is 5.86. The number of carbonyl (C=O) groups is 2. The van der Waals surface area contributed by atoms with Gasteiger partial charge in [-0.05, 0) is 39.0 Å². The number of allylic oxidation sites excluding steroid dienone is 1. The van der Waals surface area contributed by atoms with E-state index in [1.165, 1.54) is 10.9 Å². The Balaban J connectivity index is 2.48. The summed E-state index contributed by atoms with van der Waals surface area (Å²) in [5, 5.41) is 12.4. The number of carboxylic acid groups (broad SMARTS) is 1. The van der Waals surface area contributed by atoms with Gasteiger partial charge in [-0.1, -0.05) is 11.6 Å². The van der Waals surface area contributed by atoms with Crippen LogP contribution in [0.2, 0.25) is 0 Å². The summed E-state index contributed by atoms with van der Waals surface area (Å²) in [6.07, 6.45) is 1.65. The summed E-state index contributed by atoms with van der Waals surface area (Å²) in [5.41, 5.74) is -2.14. The molecule has 8 heteroatoms. The van der Waals surface area contributed by atoms with Crippen LogP contribution in [0.5, 0.6) is 0 Å². The van der Waals surface area contributed by atoms with Crippen LogP contribution in [0.15, 0.2) is 11.6 Å². The first-order chi connectivity index (χ1) is 9.67. The van der Waals surface area contributed by atoms with E-state index >= 15 is 0 Å². The molecule has 0 radical (unpaired) electrons. The molecule has 0 aromatic carbocycles. The second-order valence-corrected chi connectivity index (χ2v) is 5.17. The Morgan fingerprint density at radius 1 is 1.33 bits per heavy atom. The maximum atomic E-state index is 12.7. The van der Waals surface area contributed by atoms with Crippen LogP contribution in [0.4, 0.5) is 18.0 Å². The van der Waals surface area contributed by atoms with E-state index in [4.69, 9.17) is 5.11 Å². The first kappa shape index (κ1) is 17.3. The highest BCUT2D eigenvalue weighted by atomic mass is 19.4. The fourth-order valence-corrected chi connectivity index (χ4v) is 1.99. The number of aliphatic carboxylic acids is 1. The Labute approximate surface area is 120 Å². The minimum atomic E-state index is -5.08. The lowest BCUT2D eigenvalue weighted by Crippen LogP contribution is -2.63. The van der Waals surface area contributed by atoms with Crippen molar-refractivity contribution in [3.63, 3.8) is 0 Å². The van der Waals surface area contributed by atoms with Crippen LogP contribution < -0.4 is 10.6 Å². The SMILES string of the molecule is CC(NC(=O)NCCC1=CCCCC1)(C(=O)O)C(F)(F)F. The molecule has 0 aromatic heterocycles. The van der Waals surface area contributed by atoms with E-state index in [-0.39, 0.29) is 6.54 Å². The second kappa shape index (κ2) is 6.82. The van der Waals surface area contributed by atoms with Crippen LogP contribution >= 0.6 is 0 Å². The third-order valence-electron chi connectivity index (χ3n) is 3.47. The molecule has 1 rings (SSSR count). The van der Waals surface area contributed by atoms with Crippen molar-refractivity contribution in [3.8, 4) is 0 Å². The average molecular weight is 308 g/mol. The van der Waals surface area contributed by atoms with E-state index in [2.05, 4.69) is 11.4 Å². The summed E-state index contributed by atoms with van der Waals surface area (Å²) in [5.74, 6) is -2.15. The molecule has 1 unspecified atom stereocenters. The maximum absolute atomic E-state index is 12.7. The molecule has 0 bridgehead atoms. The van der Waals surface area contributed by atoms with Crippen LogP contribution in [0.25, 0.3) is 0 Å². The van der Waals surface area contributed by atoms with Gasteiger partial charge in [-0.15, -0.1) is 0 Å². The maximum Gasteiger partial charge on any atom is 0.422 e. The van der Waals surface area contributed by atoms with Crippen molar-refractivity contribution < 1.29 is 27.9 Å². The van der Waals surface area contributed by atoms with Gasteiger partial charge in [0.05, 0.1) is 0 Å². The number of amides is 2. The van der Waals surface area contributed by atoms with Gasteiger partial charge < -0.3 is 15.7 Å². The zero-order valence-corrected chi connectivity index (χ0v) is 11.7. The van der Waals surface area contributed by atoms with Crippen molar-refractivity contribution in [2.75, 3.05) is 6.54 Å². The zero-order valence-electron chi connectivity index (χ0n) is 11.7. The lowest BCUT2D eigenvalue weighted by atomic mass is 9.97. The Morgan fingerprint density at radius 3 is 2.48 bits per heavy atom. The normalized spacial score (nSPS) is 18.4. The lowest BCUT2D eigenvalue weighted by molar-refractivity contribution is -0.203. The monoisotopic (exact) mass is 308 g/mol. The number of hydrogen-bond donors (Lipinski definition) is 3. The molecule has 120 valence electrons. The summed E-state index contributed by atoms with van der Waals surface area (Å²) < 4.78 is 38.1. The number of carboxylic acids is 1. The highest BCUT2D eigenvalue weighted by Gasteiger charge is 2.58. The van der Waals surface area contributed by atoms with Crippen molar-refractivity contribution in [1.82, 2.24) is 10.6 Å². The quantitative estimate of drug-likeness (QED) is 0.683. The predicted octanol–water partition coefficient (Wildman–Crippen LogP) is 2.58. The largest absolute Gasteiger partial charge is 0.479 e. The molecule has 1 aliphatic carbocycles. The van der Waals surface area contributed by atoms with Gasteiger partial charge in [0.25, 0.3) is 0 Å². The molecule has 0 aliphatic heterocycles. The molecule has 1 aliphatic rings. The first-order valence-corrected chi connectivity index (χ1v) is 6.71. The van der Waals surface area contributed by atoms with Crippen LogP contribution in [0.3, 0.4) is 0 Å². The molecule has 21 heavy (non-hydrogen) atoms. The van der Waals surface area contributed by atoms with Crippen molar-refractivity contribution >= 4 is 12.0 Å². The third-order valence-corrected chi connectivity index (χ3v) is 3.47. The van der Waals surface area contributed by atoms with Crippen molar-refractivity contribution in [2.24, 2.45) is 0 Å². The lowest BCUT2D eigenvalue weighted by Gasteiger charge is -2.28. The van der Waals surface area contributed by atoms with Crippen LogP contribution in [0, 0.1) is 0 Å². The van der Waals surface area contributed by atoms with E-state index < -0.39 is 23.7 Å². The standard InChI is InChI=1S/C13H19F3N2O3/c1-12(10(19)20,13(14,15)16)18-11(21)17-8-7-9-5-3-2-4-6-9/h5H,2-4,6-8H2,1H3,(H,19,20)(H2,17,18,21). The number of nitrogens with one attached hydrogen (secondary N) is 2. The summed E-state index contributed by atoms with van der Waals surface area (Å²) in [7, 11) is 0. The Bertz CT molecular complexity index is 435. The Kier molecular flexibility index (Phi) is 5.62. The minimum absolute atomic E-state index is 0.172. The average Bonchev–Trinajstić information content (AvgIpc) is 2.38. The van der Waals surface area contributed by atoms with Gasteiger partial charge in [0.2, 0.25) is 5.54 Å². The van der Waals surface area contributed by atoms with E-state index in [1.54, 1.807) is 0 Å². The van der Waals surface area contributed by atoms with Crippen LogP contribution in [0.1, 0.15) is 39.0 Å². The molecular weight excluding hydrogens is 289 g/mol. The van der Waals surface area contributed by atoms with Gasteiger partial charge in [-0.2, -0.15) is 13.2 Å². The van der Waals surface area contributed by atoms with Gasteiger partial charge in [-0.3, -0.25) is 0 Å². The minimum Gasteiger partial charge on any atom is -0.479 e. The predicted molar refractivity (Wildman–Crippen MR) is 69.8 cm³/mol. The number of hydrogen-bond acceptors (Lipinski definition) is 2. The molecule has 0 aromatic rings. The summed E-state index contributed by atoms with van der Waals surface area (Å²) in [6, 6.07) is -1.14. The molecule has 1 atom stereocenters. The molecule has 5 nitrogen and oxygen atoms in total. The van der Waals surface area contributed by atoms with E-state index in [1.807, 2.05) is 0 Å². The smallest absolute Gasteiger partial charge is 0.422 e. The van der Waals surface area contributed by atoms with Crippen molar-refractivity contribution in [1.29, 1.82) is 0 Å². The molecule has 0 spiro atoms. The fraction of sp³-hybridized carbons (Fsp3) is 0.692. The number of halogens is 3. The van der Waals surface area contributed by atoms with Crippen LogP contribution in [-0.4, -0.2) is 35.4 Å². The molecule has 0 saturated heterocycles. The highest BCUT2D eigenvalue weighted by Crippen LogP contribution is 2.30. The summed E-state index contributed by atoms with van der Waals surface area (Å²) in [6.45, 7) is 0.587. The summed E-state index contributed by atoms with van der Waals surface area (Å²) >= 11 is 0. The van der Waals surface area contributed by atoms with Gasteiger partial charge in [0, 0.05) is 6.54 Å². The fourth-order valence-electron chi connectivity index (χ4n) is 1.99. The van der Waals surface area contributed by atoms with Gasteiger partial charge >= 0.3 is 18.2 Å². The van der Waals surface area contributed by atoms with Crippen molar-refractivity contribution in [2.45, 2.75) is 50.7 Å².